The minimum Gasteiger partial charge on any atom is -0.478 e. The van der Waals surface area contributed by atoms with Gasteiger partial charge in [-0.2, -0.15) is 0 Å². The van der Waals surface area contributed by atoms with Crippen molar-refractivity contribution in [1.82, 2.24) is 0 Å². The van der Waals surface area contributed by atoms with Crippen molar-refractivity contribution in [2.75, 3.05) is 0 Å². The normalized spacial score (nSPS) is 10.5. The standard InChI is InChI=1S/C14H9BrClFO2/c1-7-6-8(14(18)19)2-3-9(7)10-4-5-11(15)12(16)13(10)17/h2-6H,1H3,(H,18,19). The van der Waals surface area contributed by atoms with Crippen LogP contribution in [-0.2, 0) is 0 Å². The van der Waals surface area contributed by atoms with E-state index in [2.05, 4.69) is 15.9 Å². The number of carboxylic acid groups (broad SMARTS) is 1. The van der Waals surface area contributed by atoms with Crippen LogP contribution in [0.3, 0.4) is 0 Å². The van der Waals surface area contributed by atoms with Gasteiger partial charge in [0.15, 0.2) is 5.82 Å². The molecule has 0 saturated carbocycles. The summed E-state index contributed by atoms with van der Waals surface area (Å²) in [6.07, 6.45) is 0. The van der Waals surface area contributed by atoms with Crippen molar-refractivity contribution in [3.05, 3.63) is 56.8 Å². The van der Waals surface area contributed by atoms with Gasteiger partial charge in [-0.05, 0) is 52.2 Å². The molecule has 0 heterocycles. The smallest absolute Gasteiger partial charge is 0.335 e. The molecule has 0 aromatic heterocycles. The number of aryl methyl sites for hydroxylation is 1. The maximum Gasteiger partial charge on any atom is 0.335 e. The molecule has 2 nitrogen and oxygen atoms in total. The predicted octanol–water partition coefficient (Wildman–Crippen LogP) is 4.92. The summed E-state index contributed by atoms with van der Waals surface area (Å²) >= 11 is 9.00. The van der Waals surface area contributed by atoms with E-state index in [4.69, 9.17) is 16.7 Å². The van der Waals surface area contributed by atoms with Crippen LogP contribution in [0.25, 0.3) is 11.1 Å². The lowest BCUT2D eigenvalue weighted by molar-refractivity contribution is 0.0697. The summed E-state index contributed by atoms with van der Waals surface area (Å²) in [4.78, 5) is 10.9. The van der Waals surface area contributed by atoms with Gasteiger partial charge in [-0.25, -0.2) is 9.18 Å². The average Bonchev–Trinajstić information content (AvgIpc) is 2.37. The number of aromatic carboxylic acids is 1. The van der Waals surface area contributed by atoms with Gasteiger partial charge in [-0.1, -0.05) is 23.7 Å². The molecule has 0 aliphatic heterocycles. The Hall–Kier alpha value is -1.39. The van der Waals surface area contributed by atoms with E-state index in [-0.39, 0.29) is 10.6 Å². The molecular weight excluding hydrogens is 335 g/mol. The van der Waals surface area contributed by atoms with Gasteiger partial charge >= 0.3 is 5.97 Å². The van der Waals surface area contributed by atoms with Gasteiger partial charge in [0, 0.05) is 10.0 Å². The van der Waals surface area contributed by atoms with Crippen LogP contribution in [0.5, 0.6) is 0 Å². The molecule has 0 amide bonds. The number of benzene rings is 2. The second kappa shape index (κ2) is 5.31. The van der Waals surface area contributed by atoms with Crippen LogP contribution in [0.15, 0.2) is 34.8 Å². The largest absolute Gasteiger partial charge is 0.478 e. The van der Waals surface area contributed by atoms with Crippen LogP contribution < -0.4 is 0 Å². The fraction of sp³-hybridized carbons (Fsp3) is 0.0714. The molecule has 0 aliphatic rings. The van der Waals surface area contributed by atoms with Crippen molar-refractivity contribution in [2.45, 2.75) is 6.92 Å². The van der Waals surface area contributed by atoms with E-state index in [9.17, 15) is 9.18 Å². The molecule has 1 N–H and O–H groups in total. The molecule has 0 atom stereocenters. The quantitative estimate of drug-likeness (QED) is 0.786. The Morgan fingerprint density at radius 3 is 2.47 bits per heavy atom. The van der Waals surface area contributed by atoms with Crippen molar-refractivity contribution in [3.63, 3.8) is 0 Å². The summed E-state index contributed by atoms with van der Waals surface area (Å²) in [5, 5.41) is 8.92. The molecule has 19 heavy (non-hydrogen) atoms. The first-order valence-electron chi connectivity index (χ1n) is 5.39. The summed E-state index contributed by atoms with van der Waals surface area (Å²) in [6.45, 7) is 1.73. The first-order chi connectivity index (χ1) is 8.91. The fourth-order valence-electron chi connectivity index (χ4n) is 1.83. The minimum absolute atomic E-state index is 0.0132. The molecule has 2 rings (SSSR count). The van der Waals surface area contributed by atoms with Crippen molar-refractivity contribution >= 4 is 33.5 Å². The lowest BCUT2D eigenvalue weighted by Gasteiger charge is -2.10. The van der Waals surface area contributed by atoms with Crippen molar-refractivity contribution in [2.24, 2.45) is 0 Å². The van der Waals surface area contributed by atoms with E-state index in [1.165, 1.54) is 12.1 Å². The van der Waals surface area contributed by atoms with Crippen molar-refractivity contribution < 1.29 is 14.3 Å². The van der Waals surface area contributed by atoms with E-state index in [1.54, 1.807) is 25.1 Å². The van der Waals surface area contributed by atoms with Crippen LogP contribution in [-0.4, -0.2) is 11.1 Å². The summed E-state index contributed by atoms with van der Waals surface area (Å²) < 4.78 is 14.6. The van der Waals surface area contributed by atoms with Gasteiger partial charge in [0.05, 0.1) is 10.6 Å². The number of rotatable bonds is 2. The Morgan fingerprint density at radius 2 is 1.89 bits per heavy atom. The lowest BCUT2D eigenvalue weighted by Crippen LogP contribution is -1.98. The molecule has 0 unspecified atom stereocenters. The monoisotopic (exact) mass is 342 g/mol. The molecule has 0 aliphatic carbocycles. The SMILES string of the molecule is Cc1cc(C(=O)O)ccc1-c1ccc(Br)c(Cl)c1F. The number of halogens is 3. The first kappa shape index (κ1) is 14.0. The number of carboxylic acids is 1. The van der Waals surface area contributed by atoms with Crippen LogP contribution in [0, 0.1) is 12.7 Å². The molecule has 0 bridgehead atoms. The van der Waals surface area contributed by atoms with E-state index in [0.29, 0.717) is 21.2 Å². The Bertz CT molecular complexity index is 671. The molecule has 0 fully saturated rings. The maximum atomic E-state index is 14.1. The highest BCUT2D eigenvalue weighted by Gasteiger charge is 2.14. The summed E-state index contributed by atoms with van der Waals surface area (Å²) in [5.74, 6) is -1.54. The zero-order valence-electron chi connectivity index (χ0n) is 9.88. The maximum absolute atomic E-state index is 14.1. The average molecular weight is 344 g/mol. The molecule has 2 aromatic rings. The third-order valence-electron chi connectivity index (χ3n) is 2.80. The van der Waals surface area contributed by atoms with Crippen LogP contribution in [0.2, 0.25) is 5.02 Å². The van der Waals surface area contributed by atoms with Crippen molar-refractivity contribution in [1.29, 1.82) is 0 Å². The third-order valence-corrected chi connectivity index (χ3v) is 4.06. The van der Waals surface area contributed by atoms with Crippen LogP contribution >= 0.6 is 27.5 Å². The predicted molar refractivity (Wildman–Crippen MR) is 76.2 cm³/mol. The Morgan fingerprint density at radius 1 is 1.26 bits per heavy atom. The van der Waals surface area contributed by atoms with Crippen molar-refractivity contribution in [3.8, 4) is 11.1 Å². The Kier molecular flexibility index (Phi) is 3.92. The summed E-state index contributed by atoms with van der Waals surface area (Å²) in [7, 11) is 0. The minimum atomic E-state index is -1.01. The van der Waals surface area contributed by atoms with E-state index < -0.39 is 11.8 Å². The molecule has 2 aromatic carbocycles. The molecule has 0 spiro atoms. The number of hydrogen-bond acceptors (Lipinski definition) is 1. The molecule has 0 saturated heterocycles. The highest BCUT2D eigenvalue weighted by molar-refractivity contribution is 9.10. The number of hydrogen-bond donors (Lipinski definition) is 1. The van der Waals surface area contributed by atoms with Gasteiger partial charge in [0.25, 0.3) is 0 Å². The van der Waals surface area contributed by atoms with Gasteiger partial charge in [0.2, 0.25) is 0 Å². The van der Waals surface area contributed by atoms with Gasteiger partial charge < -0.3 is 5.11 Å². The molecule has 0 radical (unpaired) electrons. The van der Waals surface area contributed by atoms with E-state index >= 15 is 0 Å². The van der Waals surface area contributed by atoms with Gasteiger partial charge in [-0.15, -0.1) is 0 Å². The third kappa shape index (κ3) is 2.65. The van der Waals surface area contributed by atoms with Crippen LogP contribution in [0.4, 0.5) is 4.39 Å². The molecule has 5 heteroatoms. The van der Waals surface area contributed by atoms with Gasteiger partial charge in [-0.3, -0.25) is 0 Å². The fourth-order valence-corrected chi connectivity index (χ4v) is 2.30. The summed E-state index contributed by atoms with van der Waals surface area (Å²) in [5.41, 5.74) is 1.82. The molecule has 98 valence electrons. The van der Waals surface area contributed by atoms with E-state index in [1.807, 2.05) is 0 Å². The second-order valence-electron chi connectivity index (χ2n) is 4.06. The van der Waals surface area contributed by atoms with Gasteiger partial charge in [0.1, 0.15) is 0 Å². The Balaban J connectivity index is 2.60. The second-order valence-corrected chi connectivity index (χ2v) is 5.29. The topological polar surface area (TPSA) is 37.3 Å². The highest BCUT2D eigenvalue weighted by atomic mass is 79.9. The van der Waals surface area contributed by atoms with E-state index in [0.717, 1.165) is 0 Å². The molecular formula is C14H9BrClFO2. The first-order valence-corrected chi connectivity index (χ1v) is 6.56. The lowest BCUT2D eigenvalue weighted by atomic mass is 9.98. The zero-order valence-corrected chi connectivity index (χ0v) is 12.2. The Labute approximate surface area is 123 Å². The summed E-state index contributed by atoms with van der Waals surface area (Å²) in [6, 6.07) is 7.80. The number of carbonyl (C=O) groups is 1. The zero-order chi connectivity index (χ0) is 14.2. The highest BCUT2D eigenvalue weighted by Crippen LogP contribution is 2.34. The van der Waals surface area contributed by atoms with Crippen LogP contribution in [0.1, 0.15) is 15.9 Å².